The van der Waals surface area contributed by atoms with E-state index in [0.29, 0.717) is 6.42 Å². The van der Waals surface area contributed by atoms with Crippen LogP contribution in [0.25, 0.3) is 0 Å². The molecule has 1 aromatic rings. The minimum absolute atomic E-state index is 0.102. The van der Waals surface area contributed by atoms with Gasteiger partial charge in [-0.2, -0.15) is 0 Å². The van der Waals surface area contributed by atoms with Gasteiger partial charge in [-0.05, 0) is 24.5 Å². The number of para-hydroxylation sites is 1. The first-order chi connectivity index (χ1) is 7.81. The van der Waals surface area contributed by atoms with E-state index >= 15 is 0 Å². The molecule has 0 aliphatic carbocycles. The van der Waals surface area contributed by atoms with Crippen molar-refractivity contribution in [2.45, 2.75) is 37.9 Å². The molecule has 1 aliphatic heterocycles. The molecule has 0 radical (unpaired) electrons. The first kappa shape index (κ1) is 11.0. The highest BCUT2D eigenvalue weighted by Gasteiger charge is 2.28. The van der Waals surface area contributed by atoms with E-state index in [1.165, 1.54) is 5.56 Å². The van der Waals surface area contributed by atoms with Gasteiger partial charge in [-0.3, -0.25) is 0 Å². The van der Waals surface area contributed by atoms with Crippen molar-refractivity contribution in [1.82, 2.24) is 0 Å². The Morgan fingerprint density at radius 1 is 1.50 bits per heavy atom. The largest absolute Gasteiger partial charge is 0.487 e. The van der Waals surface area contributed by atoms with Crippen molar-refractivity contribution in [1.29, 1.82) is 0 Å². The fourth-order valence-electron chi connectivity index (χ4n) is 2.02. The SMILES string of the molecule is C#CCCCC(O)C1Cc2ccccc2O1. The average Bonchev–Trinajstić information content (AvgIpc) is 2.73. The summed E-state index contributed by atoms with van der Waals surface area (Å²) in [6.45, 7) is 0. The van der Waals surface area contributed by atoms with Gasteiger partial charge in [0.1, 0.15) is 11.9 Å². The fraction of sp³-hybridized carbons (Fsp3) is 0.429. The summed E-state index contributed by atoms with van der Waals surface area (Å²) in [6.07, 6.45) is 7.74. The molecule has 2 unspecified atom stereocenters. The first-order valence-electron chi connectivity index (χ1n) is 5.67. The normalized spacial score (nSPS) is 19.6. The fourth-order valence-corrected chi connectivity index (χ4v) is 2.02. The Morgan fingerprint density at radius 2 is 2.31 bits per heavy atom. The highest BCUT2D eigenvalue weighted by Crippen LogP contribution is 2.30. The van der Waals surface area contributed by atoms with Crippen LogP contribution in [0.2, 0.25) is 0 Å². The van der Waals surface area contributed by atoms with Crippen LogP contribution in [-0.2, 0) is 6.42 Å². The van der Waals surface area contributed by atoms with Crippen LogP contribution in [0.15, 0.2) is 24.3 Å². The molecule has 1 N–H and O–H groups in total. The number of terminal acetylenes is 1. The number of benzene rings is 1. The number of ether oxygens (including phenoxy) is 1. The van der Waals surface area contributed by atoms with Crippen LogP contribution in [0.1, 0.15) is 24.8 Å². The Kier molecular flexibility index (Phi) is 3.48. The Bertz CT molecular complexity index is 367. The second kappa shape index (κ2) is 5.05. The minimum atomic E-state index is -0.416. The molecule has 2 rings (SSSR count). The molecule has 2 nitrogen and oxygen atoms in total. The molecule has 1 aromatic carbocycles. The molecule has 0 bridgehead atoms. The maximum Gasteiger partial charge on any atom is 0.129 e. The lowest BCUT2D eigenvalue weighted by molar-refractivity contribution is 0.0430. The van der Waals surface area contributed by atoms with Crippen molar-refractivity contribution in [2.24, 2.45) is 0 Å². The molecule has 1 aliphatic rings. The van der Waals surface area contributed by atoms with Crippen LogP contribution in [0.4, 0.5) is 0 Å². The van der Waals surface area contributed by atoms with Crippen molar-refractivity contribution in [3.63, 3.8) is 0 Å². The third-order valence-corrected chi connectivity index (χ3v) is 2.92. The summed E-state index contributed by atoms with van der Waals surface area (Å²) in [5.41, 5.74) is 1.18. The van der Waals surface area contributed by atoms with E-state index in [9.17, 15) is 5.11 Å². The number of fused-ring (bicyclic) bond motifs is 1. The van der Waals surface area contributed by atoms with Crippen LogP contribution in [-0.4, -0.2) is 17.3 Å². The molecule has 16 heavy (non-hydrogen) atoms. The molecular formula is C14H16O2. The van der Waals surface area contributed by atoms with Gasteiger partial charge >= 0.3 is 0 Å². The Morgan fingerprint density at radius 3 is 3.06 bits per heavy atom. The quantitative estimate of drug-likeness (QED) is 0.617. The number of unbranched alkanes of at least 4 members (excludes halogenated alkanes) is 1. The predicted octanol–water partition coefficient (Wildman–Crippen LogP) is 2.15. The third-order valence-electron chi connectivity index (χ3n) is 2.92. The van der Waals surface area contributed by atoms with Gasteiger partial charge in [0.2, 0.25) is 0 Å². The summed E-state index contributed by atoms with van der Waals surface area (Å²) in [4.78, 5) is 0. The molecule has 0 amide bonds. The molecule has 0 aromatic heterocycles. The van der Waals surface area contributed by atoms with Crippen LogP contribution in [0.5, 0.6) is 5.75 Å². The van der Waals surface area contributed by atoms with Crippen molar-refractivity contribution in [2.75, 3.05) is 0 Å². The number of aliphatic hydroxyl groups is 1. The standard InChI is InChI=1S/C14H16O2/c1-2-3-4-8-12(15)14-10-11-7-5-6-9-13(11)16-14/h1,5-7,9,12,14-15H,3-4,8,10H2. The Balaban J connectivity index is 1.88. The van der Waals surface area contributed by atoms with Gasteiger partial charge in [0.25, 0.3) is 0 Å². The van der Waals surface area contributed by atoms with Crippen LogP contribution >= 0.6 is 0 Å². The Labute approximate surface area is 96.3 Å². The van der Waals surface area contributed by atoms with Gasteiger partial charge < -0.3 is 9.84 Å². The zero-order chi connectivity index (χ0) is 11.4. The maximum absolute atomic E-state index is 9.95. The third kappa shape index (κ3) is 2.37. The van der Waals surface area contributed by atoms with E-state index in [1.54, 1.807) is 0 Å². The van der Waals surface area contributed by atoms with Crippen LogP contribution in [0, 0.1) is 12.3 Å². The lowest BCUT2D eigenvalue weighted by Crippen LogP contribution is -2.29. The molecule has 2 atom stereocenters. The summed E-state index contributed by atoms with van der Waals surface area (Å²) in [7, 11) is 0. The lowest BCUT2D eigenvalue weighted by atomic mass is 10.0. The zero-order valence-corrected chi connectivity index (χ0v) is 9.23. The van der Waals surface area contributed by atoms with Gasteiger partial charge in [-0.25, -0.2) is 0 Å². The second-order valence-corrected chi connectivity index (χ2v) is 4.13. The van der Waals surface area contributed by atoms with E-state index in [1.807, 2.05) is 24.3 Å². The predicted molar refractivity (Wildman–Crippen MR) is 63.3 cm³/mol. The first-order valence-corrected chi connectivity index (χ1v) is 5.67. The molecule has 0 spiro atoms. The number of hydrogen-bond donors (Lipinski definition) is 1. The van der Waals surface area contributed by atoms with Gasteiger partial charge in [0.15, 0.2) is 0 Å². The maximum atomic E-state index is 9.95. The number of rotatable bonds is 4. The molecule has 84 valence electrons. The highest BCUT2D eigenvalue weighted by atomic mass is 16.5. The summed E-state index contributed by atoms with van der Waals surface area (Å²) in [6, 6.07) is 7.94. The molecule has 0 saturated carbocycles. The smallest absolute Gasteiger partial charge is 0.129 e. The summed E-state index contributed by atoms with van der Waals surface area (Å²) >= 11 is 0. The highest BCUT2D eigenvalue weighted by molar-refractivity contribution is 5.37. The Hall–Kier alpha value is -1.46. The second-order valence-electron chi connectivity index (χ2n) is 4.13. The topological polar surface area (TPSA) is 29.5 Å². The number of aliphatic hydroxyl groups excluding tert-OH is 1. The average molecular weight is 216 g/mol. The molecular weight excluding hydrogens is 200 g/mol. The van der Waals surface area contributed by atoms with Crippen molar-refractivity contribution < 1.29 is 9.84 Å². The van der Waals surface area contributed by atoms with Gasteiger partial charge in [-0.15, -0.1) is 12.3 Å². The van der Waals surface area contributed by atoms with Crippen molar-refractivity contribution >= 4 is 0 Å². The molecule has 0 saturated heterocycles. The van der Waals surface area contributed by atoms with Crippen LogP contribution < -0.4 is 4.74 Å². The zero-order valence-electron chi connectivity index (χ0n) is 9.23. The summed E-state index contributed by atoms with van der Waals surface area (Å²) in [5, 5.41) is 9.95. The summed E-state index contributed by atoms with van der Waals surface area (Å²) in [5.74, 6) is 3.48. The van der Waals surface area contributed by atoms with Gasteiger partial charge in [0.05, 0.1) is 6.10 Å². The monoisotopic (exact) mass is 216 g/mol. The van der Waals surface area contributed by atoms with E-state index in [0.717, 1.165) is 25.0 Å². The van der Waals surface area contributed by atoms with Crippen LogP contribution in [0.3, 0.4) is 0 Å². The molecule has 0 fully saturated rings. The van der Waals surface area contributed by atoms with Gasteiger partial charge in [0, 0.05) is 12.8 Å². The van der Waals surface area contributed by atoms with E-state index in [2.05, 4.69) is 5.92 Å². The number of hydrogen-bond acceptors (Lipinski definition) is 2. The molecule has 1 heterocycles. The minimum Gasteiger partial charge on any atom is -0.487 e. The van der Waals surface area contributed by atoms with Crippen molar-refractivity contribution in [3.8, 4) is 18.1 Å². The molecule has 2 heteroatoms. The van der Waals surface area contributed by atoms with Gasteiger partial charge in [-0.1, -0.05) is 18.2 Å². The summed E-state index contributed by atoms with van der Waals surface area (Å²) < 4.78 is 5.70. The van der Waals surface area contributed by atoms with Crippen molar-refractivity contribution in [3.05, 3.63) is 29.8 Å². The van der Waals surface area contributed by atoms with E-state index in [4.69, 9.17) is 11.2 Å². The van der Waals surface area contributed by atoms with E-state index in [-0.39, 0.29) is 6.10 Å². The lowest BCUT2D eigenvalue weighted by Gasteiger charge is -2.17. The van der Waals surface area contributed by atoms with E-state index < -0.39 is 6.10 Å².